The molecular formula is C15H14F3LiO. The molecule has 0 unspecified atom stereocenters. The molecule has 1 atom stereocenters. The molecule has 1 aromatic carbocycles. The SMILES string of the molecule is CCCC[C-]1O[C@]1(C#Cc1ccccc1)C(F)(F)F.[Li+]. The number of ether oxygens (including phenoxy) is 1. The van der Waals surface area contributed by atoms with Crippen molar-refractivity contribution in [2.75, 3.05) is 0 Å². The molecule has 0 saturated carbocycles. The van der Waals surface area contributed by atoms with Gasteiger partial charge in [0.2, 0.25) is 0 Å². The van der Waals surface area contributed by atoms with Crippen molar-refractivity contribution in [2.24, 2.45) is 0 Å². The van der Waals surface area contributed by atoms with Gasteiger partial charge in [0, 0.05) is 5.56 Å². The average molecular weight is 274 g/mol. The summed E-state index contributed by atoms with van der Waals surface area (Å²) < 4.78 is 43.9. The zero-order chi connectivity index (χ0) is 13.9. The summed E-state index contributed by atoms with van der Waals surface area (Å²) in [6.45, 7) is 1.92. The predicted molar refractivity (Wildman–Crippen MR) is 66.0 cm³/mol. The number of unbranched alkanes of at least 4 members (excludes halogenated alkanes) is 1. The quantitative estimate of drug-likeness (QED) is 0.348. The van der Waals surface area contributed by atoms with Crippen LogP contribution < -0.4 is 18.9 Å². The minimum atomic E-state index is -4.47. The van der Waals surface area contributed by atoms with Crippen LogP contribution in [0.5, 0.6) is 0 Å². The minimum Gasteiger partial charge on any atom is -0.547 e. The van der Waals surface area contributed by atoms with Gasteiger partial charge in [0.05, 0.1) is 5.60 Å². The van der Waals surface area contributed by atoms with Crippen molar-refractivity contribution in [3.05, 3.63) is 42.0 Å². The maximum atomic E-state index is 13.0. The third kappa shape index (κ3) is 3.61. The van der Waals surface area contributed by atoms with Crippen molar-refractivity contribution >= 4 is 0 Å². The Balaban J connectivity index is 0.00000200. The van der Waals surface area contributed by atoms with Crippen molar-refractivity contribution in [1.29, 1.82) is 0 Å². The van der Waals surface area contributed by atoms with E-state index < -0.39 is 11.8 Å². The largest absolute Gasteiger partial charge is 1.00 e. The van der Waals surface area contributed by atoms with Crippen LogP contribution in [0, 0.1) is 17.9 Å². The molecule has 1 saturated heterocycles. The van der Waals surface area contributed by atoms with Gasteiger partial charge >= 0.3 is 25.0 Å². The van der Waals surface area contributed by atoms with Gasteiger partial charge < -0.3 is 4.74 Å². The Morgan fingerprint density at radius 2 is 1.90 bits per heavy atom. The summed E-state index contributed by atoms with van der Waals surface area (Å²) >= 11 is 0. The molecule has 102 valence electrons. The molecule has 1 fully saturated rings. The van der Waals surface area contributed by atoms with E-state index in [4.69, 9.17) is 4.74 Å². The first kappa shape index (κ1) is 17.2. The number of hydrogen-bond acceptors (Lipinski definition) is 1. The van der Waals surface area contributed by atoms with Crippen LogP contribution in [-0.2, 0) is 4.74 Å². The smallest absolute Gasteiger partial charge is 0.547 e. The van der Waals surface area contributed by atoms with E-state index in [2.05, 4.69) is 11.8 Å². The van der Waals surface area contributed by atoms with Gasteiger partial charge in [0.25, 0.3) is 0 Å². The van der Waals surface area contributed by atoms with E-state index in [0.717, 1.165) is 6.42 Å². The Morgan fingerprint density at radius 3 is 2.45 bits per heavy atom. The average Bonchev–Trinajstić information content (AvgIpc) is 3.10. The molecule has 1 aliphatic heterocycles. The fourth-order valence-electron chi connectivity index (χ4n) is 1.79. The first-order chi connectivity index (χ1) is 8.99. The van der Waals surface area contributed by atoms with Gasteiger partial charge in [0.15, 0.2) is 0 Å². The first-order valence-corrected chi connectivity index (χ1v) is 6.20. The Labute approximate surface area is 129 Å². The monoisotopic (exact) mass is 274 g/mol. The van der Waals surface area contributed by atoms with E-state index in [9.17, 15) is 13.2 Å². The molecule has 1 heterocycles. The molecule has 0 aliphatic carbocycles. The summed E-state index contributed by atoms with van der Waals surface area (Å²) in [5.41, 5.74) is -1.78. The Kier molecular flexibility index (Phi) is 5.77. The van der Waals surface area contributed by atoms with Gasteiger partial charge in [-0.2, -0.15) is 19.6 Å². The molecule has 1 aromatic rings. The number of epoxide rings is 1. The molecule has 5 heteroatoms. The van der Waals surface area contributed by atoms with Crippen LogP contribution in [0.25, 0.3) is 0 Å². The van der Waals surface area contributed by atoms with Crippen LogP contribution >= 0.6 is 0 Å². The Morgan fingerprint density at radius 1 is 1.25 bits per heavy atom. The summed E-state index contributed by atoms with van der Waals surface area (Å²) in [6.07, 6.45) is -2.60. The number of alkyl halides is 3. The van der Waals surface area contributed by atoms with Crippen LogP contribution in [0.4, 0.5) is 13.2 Å². The van der Waals surface area contributed by atoms with Crippen molar-refractivity contribution in [3.63, 3.8) is 0 Å². The summed E-state index contributed by atoms with van der Waals surface area (Å²) in [5.74, 6) is 4.80. The van der Waals surface area contributed by atoms with Crippen LogP contribution in [0.3, 0.4) is 0 Å². The molecule has 1 aliphatic rings. The third-order valence-corrected chi connectivity index (χ3v) is 2.94. The zero-order valence-corrected chi connectivity index (χ0v) is 11.6. The van der Waals surface area contributed by atoms with E-state index in [1.165, 1.54) is 0 Å². The molecule has 0 amide bonds. The van der Waals surface area contributed by atoms with Crippen LogP contribution in [0.15, 0.2) is 30.3 Å². The maximum Gasteiger partial charge on any atom is 1.00 e. The maximum absolute atomic E-state index is 13.0. The van der Waals surface area contributed by atoms with Gasteiger partial charge in [-0.1, -0.05) is 49.8 Å². The van der Waals surface area contributed by atoms with Gasteiger partial charge in [-0.05, 0) is 12.1 Å². The number of halogens is 3. The molecular weight excluding hydrogens is 260 g/mol. The molecule has 0 N–H and O–H groups in total. The van der Waals surface area contributed by atoms with Crippen LogP contribution in [0.2, 0.25) is 0 Å². The first-order valence-electron chi connectivity index (χ1n) is 6.20. The number of hydrogen-bond donors (Lipinski definition) is 0. The predicted octanol–water partition coefficient (Wildman–Crippen LogP) is 1.10. The van der Waals surface area contributed by atoms with Gasteiger partial charge in [-0.25, -0.2) is 0 Å². The Hall–Kier alpha value is -0.873. The fraction of sp³-hybridized carbons (Fsp3) is 0.400. The summed E-state index contributed by atoms with van der Waals surface area (Å²) in [7, 11) is 0. The Bertz CT molecular complexity index is 489. The number of benzene rings is 1. The molecule has 0 radical (unpaired) electrons. The molecule has 20 heavy (non-hydrogen) atoms. The standard InChI is InChI=1S/C15H14F3O.Li/c1-2-3-9-13-14(19-13,15(16,17)18)11-10-12-7-5-4-6-8-12;/h4-8H,2-3,9H2,1H3;/q-1;+1/t14-;/m0./s1. The van der Waals surface area contributed by atoms with Crippen LogP contribution in [0.1, 0.15) is 31.7 Å². The van der Waals surface area contributed by atoms with Crippen molar-refractivity contribution < 1.29 is 36.8 Å². The van der Waals surface area contributed by atoms with Crippen LogP contribution in [-0.4, -0.2) is 11.8 Å². The fourth-order valence-corrected chi connectivity index (χ4v) is 1.79. The third-order valence-electron chi connectivity index (χ3n) is 2.94. The molecule has 1 nitrogen and oxygen atoms in total. The normalized spacial score (nSPS) is 21.6. The number of rotatable bonds is 3. The second-order valence-electron chi connectivity index (χ2n) is 4.42. The molecule has 0 aromatic heterocycles. The van der Waals surface area contributed by atoms with E-state index >= 15 is 0 Å². The van der Waals surface area contributed by atoms with E-state index in [1.807, 2.05) is 6.92 Å². The van der Waals surface area contributed by atoms with Gasteiger partial charge in [-0.15, -0.1) is 6.10 Å². The molecule has 0 bridgehead atoms. The zero-order valence-electron chi connectivity index (χ0n) is 11.6. The second kappa shape index (κ2) is 6.72. The van der Waals surface area contributed by atoms with Gasteiger partial charge in [0.1, 0.15) is 0 Å². The topological polar surface area (TPSA) is 12.5 Å². The van der Waals surface area contributed by atoms with Gasteiger partial charge in [-0.3, -0.25) is 0 Å². The molecule has 0 spiro atoms. The second-order valence-corrected chi connectivity index (χ2v) is 4.42. The summed E-state index contributed by atoms with van der Waals surface area (Å²) in [4.78, 5) is 0. The van der Waals surface area contributed by atoms with Crippen molar-refractivity contribution in [2.45, 2.75) is 38.0 Å². The van der Waals surface area contributed by atoms with E-state index in [1.54, 1.807) is 30.3 Å². The van der Waals surface area contributed by atoms with E-state index in [-0.39, 0.29) is 25.0 Å². The van der Waals surface area contributed by atoms with Crippen molar-refractivity contribution in [3.8, 4) is 11.8 Å². The van der Waals surface area contributed by atoms with Crippen molar-refractivity contribution in [1.82, 2.24) is 0 Å². The summed E-state index contributed by atoms with van der Waals surface area (Å²) in [6, 6.07) is 8.60. The minimum absolute atomic E-state index is 0. The van der Waals surface area contributed by atoms with E-state index in [0.29, 0.717) is 18.4 Å². The molecule has 2 rings (SSSR count). The summed E-state index contributed by atoms with van der Waals surface area (Å²) in [5, 5.41) is 0.